The summed E-state index contributed by atoms with van der Waals surface area (Å²) in [4.78, 5) is 0. The molecule has 252 valence electrons. The Balaban J connectivity index is 1.17. The van der Waals surface area contributed by atoms with E-state index in [1.54, 1.807) is 0 Å². The Morgan fingerprint density at radius 1 is 0.167 bits per heavy atom. The van der Waals surface area contributed by atoms with Crippen LogP contribution in [0.2, 0.25) is 0 Å². The van der Waals surface area contributed by atoms with Gasteiger partial charge in [-0.25, -0.2) is 0 Å². The third-order valence-corrected chi connectivity index (χ3v) is 10.8. The first-order chi connectivity index (χ1) is 26.8. The molecule has 0 unspecified atom stereocenters. The molecule has 10 rings (SSSR count). The van der Waals surface area contributed by atoms with Gasteiger partial charge < -0.3 is 0 Å². The van der Waals surface area contributed by atoms with Crippen molar-refractivity contribution in [3.05, 3.63) is 218 Å². The summed E-state index contributed by atoms with van der Waals surface area (Å²) in [5.74, 6) is 0. The van der Waals surface area contributed by atoms with Crippen LogP contribution in [-0.4, -0.2) is 0 Å². The zero-order chi connectivity index (χ0) is 35.8. The summed E-state index contributed by atoms with van der Waals surface area (Å²) < 4.78 is 0. The van der Waals surface area contributed by atoms with Gasteiger partial charge in [-0.15, -0.1) is 0 Å². The van der Waals surface area contributed by atoms with Crippen molar-refractivity contribution in [1.82, 2.24) is 0 Å². The fourth-order valence-electron chi connectivity index (χ4n) is 8.21. The molecule has 0 aliphatic heterocycles. The van der Waals surface area contributed by atoms with E-state index in [9.17, 15) is 0 Å². The summed E-state index contributed by atoms with van der Waals surface area (Å²) in [6, 6.07) is 79.8. The number of hydrogen-bond acceptors (Lipinski definition) is 0. The quantitative estimate of drug-likeness (QED) is 0.153. The lowest BCUT2D eigenvalue weighted by Gasteiger charge is -2.19. The van der Waals surface area contributed by atoms with Crippen LogP contribution in [0.25, 0.3) is 99.1 Å². The van der Waals surface area contributed by atoms with Crippen LogP contribution in [0.1, 0.15) is 0 Å². The summed E-state index contributed by atoms with van der Waals surface area (Å²) in [5.41, 5.74) is 14.7. The van der Waals surface area contributed by atoms with Crippen LogP contribution < -0.4 is 0 Å². The van der Waals surface area contributed by atoms with E-state index in [0.717, 1.165) is 0 Å². The lowest BCUT2D eigenvalue weighted by atomic mass is 9.84. The maximum Gasteiger partial charge on any atom is -0.00259 e. The van der Waals surface area contributed by atoms with Crippen molar-refractivity contribution in [3.8, 4) is 66.8 Å². The second-order valence-electron chi connectivity index (χ2n) is 14.1. The molecule has 0 saturated carbocycles. The zero-order valence-corrected chi connectivity index (χ0v) is 29.8. The fourth-order valence-corrected chi connectivity index (χ4v) is 8.21. The smallest absolute Gasteiger partial charge is 0.00259 e. The first-order valence-electron chi connectivity index (χ1n) is 18.7. The standard InChI is InChI=1S/C54H36/c1-4-15-37(16-5-1)41-21-14-22-42(31-41)43-29-27-40-28-30-44(33-45(40)32-43)53-49-23-10-12-25-51(49)54(52-26-13-11-24-50(52)53)48-35-46(38-17-6-2-7-18-38)34-47(36-48)39-19-8-3-9-20-39/h1-36H. The van der Waals surface area contributed by atoms with Gasteiger partial charge in [0.15, 0.2) is 0 Å². The third kappa shape index (κ3) is 5.75. The van der Waals surface area contributed by atoms with Gasteiger partial charge in [0.2, 0.25) is 0 Å². The maximum atomic E-state index is 2.39. The van der Waals surface area contributed by atoms with E-state index in [-0.39, 0.29) is 0 Å². The van der Waals surface area contributed by atoms with Crippen molar-refractivity contribution >= 4 is 32.3 Å². The maximum absolute atomic E-state index is 2.39. The number of rotatable bonds is 6. The molecule has 0 heterocycles. The first-order valence-corrected chi connectivity index (χ1v) is 18.7. The molecule has 0 radical (unpaired) electrons. The van der Waals surface area contributed by atoms with Gasteiger partial charge >= 0.3 is 0 Å². The Bertz CT molecular complexity index is 2840. The first kappa shape index (κ1) is 31.7. The van der Waals surface area contributed by atoms with Crippen molar-refractivity contribution in [2.45, 2.75) is 0 Å². The van der Waals surface area contributed by atoms with Crippen molar-refractivity contribution in [2.75, 3.05) is 0 Å². The molecule has 0 spiro atoms. The van der Waals surface area contributed by atoms with Crippen LogP contribution in [-0.2, 0) is 0 Å². The molecule has 10 aromatic rings. The normalized spacial score (nSPS) is 11.3. The molecule has 0 aliphatic carbocycles. The molecule has 0 N–H and O–H groups in total. The van der Waals surface area contributed by atoms with E-state index in [2.05, 4.69) is 218 Å². The lowest BCUT2D eigenvalue weighted by molar-refractivity contribution is 1.58. The SMILES string of the molecule is c1ccc(-c2cccc(-c3ccc4ccc(-c5c6ccccc6c(-c6cc(-c7ccccc7)cc(-c7ccccc7)c6)c6ccccc56)cc4c3)c2)cc1. The Morgan fingerprint density at radius 2 is 0.500 bits per heavy atom. The number of hydrogen-bond donors (Lipinski definition) is 0. The van der Waals surface area contributed by atoms with E-state index in [4.69, 9.17) is 0 Å². The van der Waals surface area contributed by atoms with Gasteiger partial charge in [-0.05, 0) is 135 Å². The minimum Gasteiger partial charge on any atom is -0.0622 e. The summed E-state index contributed by atoms with van der Waals surface area (Å²) in [6.45, 7) is 0. The Labute approximate surface area is 316 Å². The van der Waals surface area contributed by atoms with E-state index in [1.807, 2.05) is 0 Å². The van der Waals surface area contributed by atoms with Gasteiger partial charge in [-0.3, -0.25) is 0 Å². The van der Waals surface area contributed by atoms with E-state index in [1.165, 1.54) is 99.1 Å². The van der Waals surface area contributed by atoms with Crippen LogP contribution in [0.4, 0.5) is 0 Å². The second kappa shape index (κ2) is 13.5. The fraction of sp³-hybridized carbons (Fsp3) is 0. The second-order valence-corrected chi connectivity index (χ2v) is 14.1. The number of benzene rings is 10. The minimum absolute atomic E-state index is 1.21. The van der Waals surface area contributed by atoms with Crippen LogP contribution in [0.15, 0.2) is 218 Å². The average molecular weight is 685 g/mol. The molecule has 0 atom stereocenters. The van der Waals surface area contributed by atoms with Crippen LogP contribution >= 0.6 is 0 Å². The molecule has 0 bridgehead atoms. The number of fused-ring (bicyclic) bond motifs is 3. The van der Waals surface area contributed by atoms with Crippen molar-refractivity contribution in [2.24, 2.45) is 0 Å². The van der Waals surface area contributed by atoms with Gasteiger partial charge in [0.05, 0.1) is 0 Å². The third-order valence-electron chi connectivity index (χ3n) is 10.8. The lowest BCUT2D eigenvalue weighted by Crippen LogP contribution is -1.92. The Kier molecular flexibility index (Phi) is 7.93. The molecule has 0 aromatic heterocycles. The Hall–Kier alpha value is -7.02. The van der Waals surface area contributed by atoms with Crippen molar-refractivity contribution < 1.29 is 0 Å². The minimum atomic E-state index is 1.21. The zero-order valence-electron chi connectivity index (χ0n) is 29.8. The van der Waals surface area contributed by atoms with E-state index >= 15 is 0 Å². The highest BCUT2D eigenvalue weighted by molar-refractivity contribution is 6.22. The summed E-state index contributed by atoms with van der Waals surface area (Å²) in [7, 11) is 0. The highest BCUT2D eigenvalue weighted by Crippen LogP contribution is 2.46. The van der Waals surface area contributed by atoms with Gasteiger partial charge in [0.1, 0.15) is 0 Å². The van der Waals surface area contributed by atoms with Gasteiger partial charge in [-0.1, -0.05) is 182 Å². The van der Waals surface area contributed by atoms with Crippen LogP contribution in [0.3, 0.4) is 0 Å². The van der Waals surface area contributed by atoms with Gasteiger partial charge in [0.25, 0.3) is 0 Å². The van der Waals surface area contributed by atoms with Gasteiger partial charge in [0, 0.05) is 0 Å². The molecule has 0 heteroatoms. The van der Waals surface area contributed by atoms with E-state index < -0.39 is 0 Å². The summed E-state index contributed by atoms with van der Waals surface area (Å²) in [5, 5.41) is 7.48. The predicted molar refractivity (Wildman–Crippen MR) is 232 cm³/mol. The predicted octanol–water partition coefficient (Wildman–Crippen LogP) is 15.1. The Morgan fingerprint density at radius 3 is 1.02 bits per heavy atom. The molecule has 54 heavy (non-hydrogen) atoms. The van der Waals surface area contributed by atoms with Crippen molar-refractivity contribution in [1.29, 1.82) is 0 Å². The summed E-state index contributed by atoms with van der Waals surface area (Å²) >= 11 is 0. The summed E-state index contributed by atoms with van der Waals surface area (Å²) in [6.07, 6.45) is 0. The molecule has 0 fully saturated rings. The monoisotopic (exact) mass is 684 g/mol. The van der Waals surface area contributed by atoms with Crippen LogP contribution in [0.5, 0.6) is 0 Å². The average Bonchev–Trinajstić information content (AvgIpc) is 3.26. The molecule has 0 saturated heterocycles. The molecule has 10 aromatic carbocycles. The molecule has 0 aliphatic rings. The van der Waals surface area contributed by atoms with E-state index in [0.29, 0.717) is 0 Å². The highest BCUT2D eigenvalue weighted by atomic mass is 14.2. The highest BCUT2D eigenvalue weighted by Gasteiger charge is 2.18. The van der Waals surface area contributed by atoms with Crippen LogP contribution in [0, 0.1) is 0 Å². The largest absolute Gasteiger partial charge is 0.0622 e. The topological polar surface area (TPSA) is 0 Å². The molecule has 0 nitrogen and oxygen atoms in total. The molecular weight excluding hydrogens is 649 g/mol. The molecular formula is C54H36. The van der Waals surface area contributed by atoms with Gasteiger partial charge in [-0.2, -0.15) is 0 Å². The molecule has 0 amide bonds. The van der Waals surface area contributed by atoms with Crippen molar-refractivity contribution in [3.63, 3.8) is 0 Å².